The standard InChI is InChI=1S/C24H18BrF3O3S/c25-21-14-19(31-15-23(29)30)10-11-22(21)32-13-12-20(16-4-2-1-3-5-16)17-6-8-18(9-7-17)24(26,27)28/h1-12,14H,13,15H2,(H,29,30)/b20-12-. The van der Waals surface area contributed by atoms with Crippen LogP contribution in [0.5, 0.6) is 5.75 Å². The van der Waals surface area contributed by atoms with Gasteiger partial charge >= 0.3 is 12.1 Å². The summed E-state index contributed by atoms with van der Waals surface area (Å²) in [7, 11) is 0. The van der Waals surface area contributed by atoms with Gasteiger partial charge in [0.2, 0.25) is 0 Å². The molecule has 0 fully saturated rings. The van der Waals surface area contributed by atoms with Gasteiger partial charge in [0.25, 0.3) is 0 Å². The second kappa shape index (κ2) is 10.7. The Morgan fingerprint density at radius 3 is 2.25 bits per heavy atom. The van der Waals surface area contributed by atoms with E-state index in [9.17, 15) is 18.0 Å². The lowest BCUT2D eigenvalue weighted by Crippen LogP contribution is -2.09. The SMILES string of the molecule is O=C(O)COc1ccc(SC/C=C(/c2ccccc2)c2ccc(C(F)(F)F)cc2)c(Br)c1. The molecule has 3 rings (SSSR count). The third-order valence-electron chi connectivity index (χ3n) is 4.40. The van der Waals surface area contributed by atoms with Crippen molar-refractivity contribution in [1.29, 1.82) is 0 Å². The Bertz CT molecular complexity index is 1100. The van der Waals surface area contributed by atoms with Crippen LogP contribution in [0.3, 0.4) is 0 Å². The van der Waals surface area contributed by atoms with Gasteiger partial charge in [-0.15, -0.1) is 11.8 Å². The van der Waals surface area contributed by atoms with Crippen molar-refractivity contribution in [2.75, 3.05) is 12.4 Å². The molecule has 0 aliphatic carbocycles. The fourth-order valence-electron chi connectivity index (χ4n) is 2.91. The number of carboxylic acids is 1. The predicted molar refractivity (Wildman–Crippen MR) is 123 cm³/mol. The van der Waals surface area contributed by atoms with E-state index in [1.165, 1.54) is 23.9 Å². The summed E-state index contributed by atoms with van der Waals surface area (Å²) < 4.78 is 44.7. The molecule has 0 aliphatic heterocycles. The normalized spacial score (nSPS) is 11.9. The number of alkyl halides is 3. The van der Waals surface area contributed by atoms with Crippen molar-refractivity contribution in [2.45, 2.75) is 11.1 Å². The highest BCUT2D eigenvalue weighted by Crippen LogP contribution is 2.34. The summed E-state index contributed by atoms with van der Waals surface area (Å²) >= 11 is 4.99. The summed E-state index contributed by atoms with van der Waals surface area (Å²) in [5.74, 6) is -0.0468. The molecule has 3 aromatic carbocycles. The van der Waals surface area contributed by atoms with Crippen LogP contribution in [0.1, 0.15) is 16.7 Å². The van der Waals surface area contributed by atoms with Crippen molar-refractivity contribution in [3.63, 3.8) is 0 Å². The second-order valence-electron chi connectivity index (χ2n) is 6.64. The summed E-state index contributed by atoms with van der Waals surface area (Å²) in [6.45, 7) is -0.421. The first-order valence-electron chi connectivity index (χ1n) is 9.44. The Kier molecular flexibility index (Phi) is 8.04. The Hall–Kier alpha value is -2.71. The Labute approximate surface area is 196 Å². The first kappa shape index (κ1) is 23.9. The number of hydrogen-bond donors (Lipinski definition) is 1. The molecule has 0 heterocycles. The van der Waals surface area contributed by atoms with Crippen molar-refractivity contribution < 1.29 is 27.8 Å². The minimum Gasteiger partial charge on any atom is -0.482 e. The predicted octanol–water partition coefficient (Wildman–Crippen LogP) is 7.16. The van der Waals surface area contributed by atoms with Gasteiger partial charge in [0.05, 0.1) is 5.56 Å². The molecule has 0 saturated heterocycles. The van der Waals surface area contributed by atoms with Gasteiger partial charge in [-0.1, -0.05) is 48.5 Å². The van der Waals surface area contributed by atoms with E-state index in [-0.39, 0.29) is 0 Å². The van der Waals surface area contributed by atoms with Crippen molar-refractivity contribution in [2.24, 2.45) is 0 Å². The van der Waals surface area contributed by atoms with Crippen LogP contribution in [0.25, 0.3) is 5.57 Å². The van der Waals surface area contributed by atoms with Crippen molar-refractivity contribution in [3.05, 3.63) is 100 Å². The molecular formula is C24H18BrF3O3S. The van der Waals surface area contributed by atoms with E-state index in [2.05, 4.69) is 15.9 Å². The van der Waals surface area contributed by atoms with Crippen LogP contribution in [0.2, 0.25) is 0 Å². The monoisotopic (exact) mass is 522 g/mol. The summed E-state index contributed by atoms with van der Waals surface area (Å²) in [5.41, 5.74) is 1.76. The molecule has 0 amide bonds. The summed E-state index contributed by atoms with van der Waals surface area (Å²) in [5, 5.41) is 8.71. The van der Waals surface area contributed by atoms with E-state index in [0.29, 0.717) is 17.1 Å². The van der Waals surface area contributed by atoms with Crippen LogP contribution in [0.15, 0.2) is 88.2 Å². The average molecular weight is 523 g/mol. The number of carbonyl (C=O) groups is 1. The minimum absolute atomic E-state index is 0.421. The van der Waals surface area contributed by atoms with E-state index < -0.39 is 24.3 Å². The quantitative estimate of drug-likeness (QED) is 0.319. The van der Waals surface area contributed by atoms with Crippen LogP contribution in [-0.4, -0.2) is 23.4 Å². The summed E-state index contributed by atoms with van der Waals surface area (Å²) in [6.07, 6.45) is -2.40. The van der Waals surface area contributed by atoms with Crippen LogP contribution in [-0.2, 0) is 11.0 Å². The molecule has 0 spiro atoms. The number of aliphatic carboxylic acids is 1. The molecule has 0 radical (unpaired) electrons. The summed E-state index contributed by atoms with van der Waals surface area (Å²) in [4.78, 5) is 11.5. The van der Waals surface area contributed by atoms with Gasteiger partial charge in [-0.25, -0.2) is 4.79 Å². The zero-order valence-corrected chi connectivity index (χ0v) is 19.0. The van der Waals surface area contributed by atoms with Crippen LogP contribution < -0.4 is 4.74 Å². The first-order chi connectivity index (χ1) is 15.2. The van der Waals surface area contributed by atoms with E-state index in [0.717, 1.165) is 32.6 Å². The largest absolute Gasteiger partial charge is 0.482 e. The third-order valence-corrected chi connectivity index (χ3v) is 6.32. The number of rotatable bonds is 8. The zero-order valence-electron chi connectivity index (χ0n) is 16.6. The topological polar surface area (TPSA) is 46.5 Å². The molecule has 0 atom stereocenters. The Balaban J connectivity index is 1.79. The molecule has 3 aromatic rings. The maximum Gasteiger partial charge on any atom is 0.416 e. The summed E-state index contributed by atoms with van der Waals surface area (Å²) in [6, 6.07) is 19.8. The van der Waals surface area contributed by atoms with E-state index in [4.69, 9.17) is 9.84 Å². The number of thioether (sulfide) groups is 1. The Morgan fingerprint density at radius 1 is 1.00 bits per heavy atom. The van der Waals surface area contributed by atoms with Crippen LogP contribution in [0, 0.1) is 0 Å². The number of benzene rings is 3. The molecule has 1 N–H and O–H groups in total. The van der Waals surface area contributed by atoms with Crippen LogP contribution >= 0.6 is 27.7 Å². The fourth-order valence-corrected chi connectivity index (χ4v) is 4.40. The fraction of sp³-hybridized carbons (Fsp3) is 0.125. The van der Waals surface area contributed by atoms with Gasteiger partial charge < -0.3 is 9.84 Å². The minimum atomic E-state index is -4.38. The van der Waals surface area contributed by atoms with Crippen molar-refractivity contribution >= 4 is 39.2 Å². The smallest absolute Gasteiger partial charge is 0.416 e. The molecule has 32 heavy (non-hydrogen) atoms. The molecule has 3 nitrogen and oxygen atoms in total. The molecule has 0 aromatic heterocycles. The maximum atomic E-state index is 12.9. The molecule has 0 saturated carbocycles. The van der Waals surface area contributed by atoms with E-state index in [1.54, 1.807) is 12.1 Å². The van der Waals surface area contributed by atoms with E-state index >= 15 is 0 Å². The van der Waals surface area contributed by atoms with Crippen molar-refractivity contribution in [3.8, 4) is 5.75 Å². The highest BCUT2D eigenvalue weighted by atomic mass is 79.9. The van der Waals surface area contributed by atoms with Gasteiger partial charge in [-0.05, 0) is 63.0 Å². The van der Waals surface area contributed by atoms with Gasteiger partial charge in [-0.2, -0.15) is 13.2 Å². The lowest BCUT2D eigenvalue weighted by atomic mass is 9.97. The van der Waals surface area contributed by atoms with Gasteiger partial charge in [0.1, 0.15) is 5.75 Å². The zero-order chi connectivity index (χ0) is 23.1. The molecule has 166 valence electrons. The molecule has 0 unspecified atom stereocenters. The first-order valence-corrected chi connectivity index (χ1v) is 11.2. The molecule has 0 aliphatic rings. The van der Waals surface area contributed by atoms with Gasteiger partial charge in [-0.3, -0.25) is 0 Å². The molecule has 0 bridgehead atoms. The van der Waals surface area contributed by atoms with Gasteiger partial charge in [0.15, 0.2) is 6.61 Å². The lowest BCUT2D eigenvalue weighted by Gasteiger charge is -2.12. The van der Waals surface area contributed by atoms with E-state index in [1.807, 2.05) is 42.5 Å². The second-order valence-corrected chi connectivity index (χ2v) is 8.56. The third kappa shape index (κ3) is 6.64. The molecule has 8 heteroatoms. The highest BCUT2D eigenvalue weighted by Gasteiger charge is 2.30. The Morgan fingerprint density at radius 2 is 1.66 bits per heavy atom. The number of ether oxygens (including phenoxy) is 1. The van der Waals surface area contributed by atoms with Crippen LogP contribution in [0.4, 0.5) is 13.2 Å². The van der Waals surface area contributed by atoms with Crippen molar-refractivity contribution in [1.82, 2.24) is 0 Å². The number of halogens is 4. The highest BCUT2D eigenvalue weighted by molar-refractivity contribution is 9.10. The molecular weight excluding hydrogens is 505 g/mol. The number of hydrogen-bond acceptors (Lipinski definition) is 3. The number of carboxylic acid groups (broad SMARTS) is 1. The lowest BCUT2D eigenvalue weighted by molar-refractivity contribution is -0.139. The average Bonchev–Trinajstić information content (AvgIpc) is 2.76. The maximum absolute atomic E-state index is 12.9. The van der Waals surface area contributed by atoms with Gasteiger partial charge in [0, 0.05) is 15.1 Å².